The Labute approximate surface area is 81.6 Å². The lowest BCUT2D eigenvalue weighted by molar-refractivity contribution is -0.132. The van der Waals surface area contributed by atoms with E-state index in [1.54, 1.807) is 4.90 Å². The predicted molar refractivity (Wildman–Crippen MR) is 56.5 cm³/mol. The average Bonchev–Trinajstić information content (AvgIpc) is 2.11. The second kappa shape index (κ2) is 6.70. The van der Waals surface area contributed by atoms with E-state index in [1.807, 2.05) is 14.1 Å². The molecule has 0 rings (SSSR count). The first-order chi connectivity index (χ1) is 6.13. The first kappa shape index (κ1) is 12.2. The lowest BCUT2D eigenvalue weighted by atomic mass is 10.0. The largest absolute Gasteiger partial charge is 0.349 e. The number of allylic oxidation sites excluding steroid dienone is 2. The molecule has 0 aromatic heterocycles. The number of rotatable bonds is 5. The molecule has 0 aromatic carbocycles. The van der Waals surface area contributed by atoms with Crippen molar-refractivity contribution in [1.82, 2.24) is 4.90 Å². The molecule has 0 bridgehead atoms. The van der Waals surface area contributed by atoms with Gasteiger partial charge >= 0.3 is 0 Å². The zero-order valence-corrected chi connectivity index (χ0v) is 9.21. The maximum atomic E-state index is 11.6. The molecule has 76 valence electrons. The van der Waals surface area contributed by atoms with Crippen molar-refractivity contribution in [2.24, 2.45) is 5.92 Å². The topological polar surface area (TPSA) is 20.3 Å². The summed E-state index contributed by atoms with van der Waals surface area (Å²) in [5.41, 5.74) is 0. The summed E-state index contributed by atoms with van der Waals surface area (Å²) in [7, 11) is 3.63. The molecule has 0 aliphatic rings. The minimum atomic E-state index is 0.165. The summed E-state index contributed by atoms with van der Waals surface area (Å²) in [6, 6.07) is 0. The van der Waals surface area contributed by atoms with Crippen molar-refractivity contribution < 1.29 is 4.79 Å². The fraction of sp³-hybridized carbons (Fsp3) is 0.727. The van der Waals surface area contributed by atoms with Gasteiger partial charge in [-0.1, -0.05) is 26.0 Å². The van der Waals surface area contributed by atoms with Crippen molar-refractivity contribution in [3.63, 3.8) is 0 Å². The van der Waals surface area contributed by atoms with Gasteiger partial charge in [0.05, 0.1) is 0 Å². The summed E-state index contributed by atoms with van der Waals surface area (Å²) in [5, 5.41) is 0. The van der Waals surface area contributed by atoms with Gasteiger partial charge in [0.1, 0.15) is 0 Å². The van der Waals surface area contributed by atoms with E-state index in [9.17, 15) is 4.79 Å². The summed E-state index contributed by atoms with van der Waals surface area (Å²) < 4.78 is 0. The van der Waals surface area contributed by atoms with E-state index in [4.69, 9.17) is 0 Å². The van der Waals surface area contributed by atoms with Crippen molar-refractivity contribution in [2.75, 3.05) is 14.1 Å². The Morgan fingerprint density at radius 1 is 1.31 bits per heavy atom. The minimum Gasteiger partial charge on any atom is -0.349 e. The minimum absolute atomic E-state index is 0.165. The Kier molecular flexibility index (Phi) is 6.29. The molecule has 2 nitrogen and oxygen atoms in total. The van der Waals surface area contributed by atoms with Gasteiger partial charge in [-0.25, -0.2) is 0 Å². The van der Waals surface area contributed by atoms with Crippen LogP contribution in [-0.2, 0) is 4.79 Å². The van der Waals surface area contributed by atoms with Crippen LogP contribution in [0.4, 0.5) is 0 Å². The lowest BCUT2D eigenvalue weighted by Crippen LogP contribution is -2.28. The average molecular weight is 183 g/mol. The van der Waals surface area contributed by atoms with Crippen molar-refractivity contribution in [3.05, 3.63) is 12.2 Å². The molecule has 0 radical (unpaired) electrons. The molecule has 1 amide bonds. The van der Waals surface area contributed by atoms with Crippen molar-refractivity contribution >= 4 is 5.91 Å². The first-order valence-electron chi connectivity index (χ1n) is 4.99. The quantitative estimate of drug-likeness (QED) is 0.599. The van der Waals surface area contributed by atoms with E-state index >= 15 is 0 Å². The highest BCUT2D eigenvalue weighted by Crippen LogP contribution is 2.11. The molecule has 0 fully saturated rings. The standard InChI is InChI=1S/C11H21NO/c1-5-7-8-9-10(6-2)11(13)12(3)4/h7-8,10H,5-6,9H2,1-4H3/b8-7+. The molecule has 0 spiro atoms. The normalized spacial score (nSPS) is 13.2. The van der Waals surface area contributed by atoms with Crippen molar-refractivity contribution in [3.8, 4) is 0 Å². The van der Waals surface area contributed by atoms with Gasteiger partial charge < -0.3 is 4.90 Å². The molecule has 0 heterocycles. The Morgan fingerprint density at radius 2 is 1.92 bits per heavy atom. The van der Waals surface area contributed by atoms with Crippen LogP contribution in [0.2, 0.25) is 0 Å². The van der Waals surface area contributed by atoms with Crippen LogP contribution in [0.15, 0.2) is 12.2 Å². The highest BCUT2D eigenvalue weighted by Gasteiger charge is 2.15. The third kappa shape index (κ3) is 4.71. The van der Waals surface area contributed by atoms with Crippen LogP contribution in [0.3, 0.4) is 0 Å². The molecule has 0 aliphatic carbocycles. The van der Waals surface area contributed by atoms with Crippen LogP contribution < -0.4 is 0 Å². The van der Waals surface area contributed by atoms with Crippen LogP contribution in [0, 0.1) is 5.92 Å². The fourth-order valence-electron chi connectivity index (χ4n) is 1.23. The van der Waals surface area contributed by atoms with Gasteiger partial charge in [-0.15, -0.1) is 0 Å². The molecule has 0 saturated heterocycles. The number of hydrogen-bond donors (Lipinski definition) is 0. The fourth-order valence-corrected chi connectivity index (χ4v) is 1.23. The molecule has 1 atom stereocenters. The number of hydrogen-bond acceptors (Lipinski definition) is 1. The zero-order chi connectivity index (χ0) is 10.3. The van der Waals surface area contributed by atoms with Gasteiger partial charge in [0.15, 0.2) is 0 Å². The Bertz CT molecular complexity index is 173. The van der Waals surface area contributed by atoms with Gasteiger partial charge in [-0.05, 0) is 19.3 Å². The predicted octanol–water partition coefficient (Wildman–Crippen LogP) is 2.46. The number of amides is 1. The first-order valence-corrected chi connectivity index (χ1v) is 4.99. The second-order valence-corrected chi connectivity index (χ2v) is 3.45. The monoisotopic (exact) mass is 183 g/mol. The second-order valence-electron chi connectivity index (χ2n) is 3.45. The van der Waals surface area contributed by atoms with Crippen LogP contribution in [-0.4, -0.2) is 24.9 Å². The molecular formula is C11H21NO. The zero-order valence-electron chi connectivity index (χ0n) is 9.21. The molecule has 2 heteroatoms. The van der Waals surface area contributed by atoms with Crippen LogP contribution >= 0.6 is 0 Å². The van der Waals surface area contributed by atoms with Crippen molar-refractivity contribution in [2.45, 2.75) is 33.1 Å². The van der Waals surface area contributed by atoms with Crippen LogP contribution in [0.5, 0.6) is 0 Å². The summed E-state index contributed by atoms with van der Waals surface area (Å²) in [6.45, 7) is 4.16. The van der Waals surface area contributed by atoms with Crippen LogP contribution in [0.1, 0.15) is 33.1 Å². The van der Waals surface area contributed by atoms with Crippen molar-refractivity contribution in [1.29, 1.82) is 0 Å². The van der Waals surface area contributed by atoms with Gasteiger partial charge in [0.2, 0.25) is 5.91 Å². The number of carbonyl (C=O) groups is 1. The molecule has 0 aromatic rings. The smallest absolute Gasteiger partial charge is 0.225 e. The van der Waals surface area contributed by atoms with Crippen LogP contribution in [0.25, 0.3) is 0 Å². The Morgan fingerprint density at radius 3 is 2.31 bits per heavy atom. The van der Waals surface area contributed by atoms with E-state index in [1.165, 1.54) is 0 Å². The SMILES string of the molecule is CC/C=C/CC(CC)C(=O)N(C)C. The Hall–Kier alpha value is -0.790. The number of nitrogens with zero attached hydrogens (tertiary/aromatic N) is 1. The maximum absolute atomic E-state index is 11.6. The molecule has 0 aliphatic heterocycles. The van der Waals surface area contributed by atoms with Gasteiger partial charge in [0.25, 0.3) is 0 Å². The molecule has 13 heavy (non-hydrogen) atoms. The number of carbonyl (C=O) groups excluding carboxylic acids is 1. The van der Waals surface area contributed by atoms with E-state index in [0.29, 0.717) is 0 Å². The highest BCUT2D eigenvalue weighted by atomic mass is 16.2. The maximum Gasteiger partial charge on any atom is 0.225 e. The van der Waals surface area contributed by atoms with Gasteiger partial charge in [-0.2, -0.15) is 0 Å². The molecule has 0 saturated carbocycles. The Balaban J connectivity index is 4.02. The third-order valence-corrected chi connectivity index (χ3v) is 2.11. The summed E-state index contributed by atoms with van der Waals surface area (Å²) >= 11 is 0. The highest BCUT2D eigenvalue weighted by molar-refractivity contribution is 5.78. The van der Waals surface area contributed by atoms with Gasteiger partial charge in [0, 0.05) is 20.0 Å². The lowest BCUT2D eigenvalue weighted by Gasteiger charge is -2.17. The van der Waals surface area contributed by atoms with E-state index in [2.05, 4.69) is 26.0 Å². The summed E-state index contributed by atoms with van der Waals surface area (Å²) in [5.74, 6) is 0.404. The van der Waals surface area contributed by atoms with E-state index < -0.39 is 0 Å². The molecule has 1 unspecified atom stereocenters. The van der Waals surface area contributed by atoms with Gasteiger partial charge in [-0.3, -0.25) is 4.79 Å². The third-order valence-electron chi connectivity index (χ3n) is 2.11. The van der Waals surface area contributed by atoms with E-state index in [0.717, 1.165) is 19.3 Å². The summed E-state index contributed by atoms with van der Waals surface area (Å²) in [6.07, 6.45) is 7.07. The summed E-state index contributed by atoms with van der Waals surface area (Å²) in [4.78, 5) is 13.2. The molecular weight excluding hydrogens is 162 g/mol. The molecule has 0 N–H and O–H groups in total. The van der Waals surface area contributed by atoms with E-state index in [-0.39, 0.29) is 11.8 Å².